The Balaban J connectivity index is 2.21. The van der Waals surface area contributed by atoms with Gasteiger partial charge in [0.1, 0.15) is 11.6 Å². The number of hydrogen-bond acceptors (Lipinski definition) is 4. The molecule has 106 valence electrons. The van der Waals surface area contributed by atoms with E-state index < -0.39 is 0 Å². The summed E-state index contributed by atoms with van der Waals surface area (Å²) in [5, 5.41) is 3.23. The topological polar surface area (TPSA) is 56.5 Å². The van der Waals surface area contributed by atoms with Gasteiger partial charge in [-0.15, -0.1) is 0 Å². The summed E-state index contributed by atoms with van der Waals surface area (Å²) < 4.78 is 24.4. The molecule has 1 aromatic rings. The second kappa shape index (κ2) is 5.75. The molecule has 2 unspecified atom stereocenters. The van der Waals surface area contributed by atoms with E-state index in [4.69, 9.17) is 15.2 Å². The van der Waals surface area contributed by atoms with E-state index in [1.807, 2.05) is 6.92 Å². The zero-order valence-electron chi connectivity index (χ0n) is 11.4. The molecular weight excluding hydrogens is 247 g/mol. The molecule has 3 N–H and O–H groups in total. The molecule has 1 aliphatic rings. The molecule has 2 rings (SSSR count). The van der Waals surface area contributed by atoms with E-state index in [9.17, 15) is 4.39 Å². The summed E-state index contributed by atoms with van der Waals surface area (Å²) in [7, 11) is 1.56. The lowest BCUT2D eigenvalue weighted by Gasteiger charge is -2.35. The van der Waals surface area contributed by atoms with Crippen LogP contribution in [0.2, 0.25) is 0 Å². The van der Waals surface area contributed by atoms with Crippen molar-refractivity contribution < 1.29 is 13.9 Å². The molecule has 4 nitrogen and oxygen atoms in total. The van der Waals surface area contributed by atoms with Crippen LogP contribution in [0.5, 0.6) is 5.75 Å². The lowest BCUT2D eigenvalue weighted by Crippen LogP contribution is -2.49. The van der Waals surface area contributed by atoms with Crippen LogP contribution in [0.25, 0.3) is 0 Å². The summed E-state index contributed by atoms with van der Waals surface area (Å²) >= 11 is 0. The highest BCUT2D eigenvalue weighted by atomic mass is 19.1. The van der Waals surface area contributed by atoms with Gasteiger partial charge in [-0.25, -0.2) is 4.39 Å². The van der Waals surface area contributed by atoms with Crippen molar-refractivity contribution in [3.63, 3.8) is 0 Å². The van der Waals surface area contributed by atoms with Crippen LogP contribution in [0.15, 0.2) is 18.2 Å². The van der Waals surface area contributed by atoms with Crippen LogP contribution in [0, 0.1) is 11.7 Å². The van der Waals surface area contributed by atoms with Gasteiger partial charge in [0.2, 0.25) is 0 Å². The minimum atomic E-state index is -0.385. The van der Waals surface area contributed by atoms with E-state index in [1.165, 1.54) is 6.07 Å². The average molecular weight is 268 g/mol. The zero-order chi connectivity index (χ0) is 13.9. The number of anilines is 1. The molecule has 1 aromatic carbocycles. The van der Waals surface area contributed by atoms with Gasteiger partial charge in [0.15, 0.2) is 0 Å². The average Bonchev–Trinajstić information content (AvgIpc) is 2.96. The molecule has 5 heteroatoms. The number of benzene rings is 1. The van der Waals surface area contributed by atoms with Crippen LogP contribution in [0.3, 0.4) is 0 Å². The molecule has 1 saturated heterocycles. The van der Waals surface area contributed by atoms with Gasteiger partial charge in [-0.1, -0.05) is 0 Å². The van der Waals surface area contributed by atoms with E-state index in [-0.39, 0.29) is 17.3 Å². The van der Waals surface area contributed by atoms with Crippen LogP contribution in [-0.4, -0.2) is 32.4 Å². The zero-order valence-corrected chi connectivity index (χ0v) is 11.4. The van der Waals surface area contributed by atoms with E-state index in [0.29, 0.717) is 24.6 Å². The molecular formula is C14H21FN2O2. The molecule has 0 aromatic heterocycles. The minimum Gasteiger partial charge on any atom is -0.497 e. The Kier molecular flexibility index (Phi) is 4.27. The maximum Gasteiger partial charge on any atom is 0.146 e. The summed E-state index contributed by atoms with van der Waals surface area (Å²) in [5.41, 5.74) is 5.91. The van der Waals surface area contributed by atoms with E-state index in [0.717, 1.165) is 13.0 Å². The molecule has 0 saturated carbocycles. The smallest absolute Gasteiger partial charge is 0.146 e. The van der Waals surface area contributed by atoms with Crippen LogP contribution >= 0.6 is 0 Å². The fraction of sp³-hybridized carbons (Fsp3) is 0.571. The summed E-state index contributed by atoms with van der Waals surface area (Å²) in [4.78, 5) is 0. The van der Waals surface area contributed by atoms with Crippen molar-refractivity contribution in [2.45, 2.75) is 18.9 Å². The van der Waals surface area contributed by atoms with Crippen LogP contribution in [0.1, 0.15) is 13.3 Å². The van der Waals surface area contributed by atoms with Gasteiger partial charge in [-0.2, -0.15) is 0 Å². The Morgan fingerprint density at radius 1 is 1.58 bits per heavy atom. The number of nitrogens with one attached hydrogen (secondary N) is 1. The van der Waals surface area contributed by atoms with Gasteiger partial charge in [-0.05, 0) is 25.5 Å². The number of methoxy groups -OCH3 is 1. The van der Waals surface area contributed by atoms with Gasteiger partial charge >= 0.3 is 0 Å². The van der Waals surface area contributed by atoms with Crippen molar-refractivity contribution in [1.82, 2.24) is 0 Å². The van der Waals surface area contributed by atoms with Crippen molar-refractivity contribution in [3.8, 4) is 5.75 Å². The fourth-order valence-corrected chi connectivity index (χ4v) is 2.39. The first-order chi connectivity index (χ1) is 9.09. The molecule has 0 spiro atoms. The summed E-state index contributed by atoms with van der Waals surface area (Å²) in [6.45, 7) is 3.82. The number of nitrogens with two attached hydrogens (primary N) is 1. The van der Waals surface area contributed by atoms with Crippen LogP contribution in [-0.2, 0) is 4.74 Å². The second-order valence-corrected chi connectivity index (χ2v) is 5.15. The summed E-state index contributed by atoms with van der Waals surface area (Å²) in [6, 6.07) is 4.64. The third kappa shape index (κ3) is 2.98. The molecule has 0 amide bonds. The molecule has 1 heterocycles. The van der Waals surface area contributed by atoms with Crippen LogP contribution in [0.4, 0.5) is 10.1 Å². The number of halogens is 1. The Morgan fingerprint density at radius 2 is 2.37 bits per heavy atom. The summed E-state index contributed by atoms with van der Waals surface area (Å²) in [6.07, 6.45) is 0.937. The first-order valence-corrected chi connectivity index (χ1v) is 6.48. The summed E-state index contributed by atoms with van der Waals surface area (Å²) in [5.74, 6) is 0.591. The monoisotopic (exact) mass is 268 g/mol. The van der Waals surface area contributed by atoms with Crippen LogP contribution < -0.4 is 15.8 Å². The van der Waals surface area contributed by atoms with Crippen molar-refractivity contribution >= 4 is 5.69 Å². The van der Waals surface area contributed by atoms with Gasteiger partial charge < -0.3 is 20.5 Å². The minimum absolute atomic E-state index is 0.281. The van der Waals surface area contributed by atoms with Gasteiger partial charge in [-0.3, -0.25) is 0 Å². The van der Waals surface area contributed by atoms with E-state index in [2.05, 4.69) is 5.32 Å². The predicted molar refractivity (Wildman–Crippen MR) is 73.0 cm³/mol. The third-order valence-electron chi connectivity index (χ3n) is 3.85. The van der Waals surface area contributed by atoms with Gasteiger partial charge in [0.25, 0.3) is 0 Å². The highest BCUT2D eigenvalue weighted by Gasteiger charge is 2.36. The predicted octanol–water partition coefficient (Wildman–Crippen LogP) is 2.00. The molecule has 2 atom stereocenters. The number of ether oxygens (including phenoxy) is 2. The van der Waals surface area contributed by atoms with E-state index in [1.54, 1.807) is 19.2 Å². The fourth-order valence-electron chi connectivity index (χ4n) is 2.39. The first kappa shape index (κ1) is 14.1. The Bertz CT molecular complexity index is 435. The quantitative estimate of drug-likeness (QED) is 0.857. The molecule has 0 radical (unpaired) electrons. The SMILES string of the molecule is COc1ccc(F)c(NC(C)(CN)C2CCOC2)c1. The molecule has 19 heavy (non-hydrogen) atoms. The largest absolute Gasteiger partial charge is 0.497 e. The number of hydrogen-bond donors (Lipinski definition) is 2. The Labute approximate surface area is 113 Å². The number of rotatable bonds is 5. The molecule has 0 aliphatic carbocycles. The Hall–Kier alpha value is -1.33. The highest BCUT2D eigenvalue weighted by Crippen LogP contribution is 2.31. The molecule has 1 fully saturated rings. The second-order valence-electron chi connectivity index (χ2n) is 5.15. The highest BCUT2D eigenvalue weighted by molar-refractivity contribution is 5.51. The lowest BCUT2D eigenvalue weighted by molar-refractivity contribution is 0.172. The maximum absolute atomic E-state index is 13.9. The third-order valence-corrected chi connectivity index (χ3v) is 3.85. The van der Waals surface area contributed by atoms with Crippen molar-refractivity contribution in [2.75, 3.05) is 32.2 Å². The lowest BCUT2D eigenvalue weighted by atomic mass is 9.84. The van der Waals surface area contributed by atoms with Crippen molar-refractivity contribution in [2.24, 2.45) is 11.7 Å². The first-order valence-electron chi connectivity index (χ1n) is 6.48. The Morgan fingerprint density at radius 3 is 2.95 bits per heavy atom. The van der Waals surface area contributed by atoms with Crippen molar-refractivity contribution in [3.05, 3.63) is 24.0 Å². The maximum atomic E-state index is 13.9. The standard InChI is InChI=1S/C14H21FN2O2/c1-14(9-16,10-5-6-19-8-10)17-13-7-11(18-2)3-4-12(13)15/h3-4,7,10,17H,5-6,8-9,16H2,1-2H3. The van der Waals surface area contributed by atoms with Crippen molar-refractivity contribution in [1.29, 1.82) is 0 Å². The normalized spacial score (nSPS) is 22.0. The van der Waals surface area contributed by atoms with E-state index >= 15 is 0 Å². The van der Waals surface area contributed by atoms with Gasteiger partial charge in [0, 0.05) is 25.1 Å². The van der Waals surface area contributed by atoms with Gasteiger partial charge in [0.05, 0.1) is 24.9 Å². The molecule has 1 aliphatic heterocycles. The molecule has 0 bridgehead atoms.